The molecule has 0 bridgehead atoms. The fourth-order valence-electron chi connectivity index (χ4n) is 8.48. The van der Waals surface area contributed by atoms with Gasteiger partial charge in [-0.15, -0.1) is 0 Å². The van der Waals surface area contributed by atoms with Gasteiger partial charge in [0, 0.05) is 25.1 Å². The molecule has 0 spiro atoms. The van der Waals surface area contributed by atoms with Crippen LogP contribution in [-0.4, -0.2) is 110 Å². The van der Waals surface area contributed by atoms with Crippen LogP contribution >= 0.6 is 0 Å². The number of nitrogens with one attached hydrogen (secondary N) is 6. The summed E-state index contributed by atoms with van der Waals surface area (Å²) in [4.78, 5) is 83.9. The smallest absolute Gasteiger partial charge is 0.408 e. The summed E-state index contributed by atoms with van der Waals surface area (Å²) in [5.41, 5.74) is 14.5. The van der Waals surface area contributed by atoms with Crippen molar-refractivity contribution in [3.63, 3.8) is 0 Å². The Kier molecular flexibility index (Phi) is 23.0. The lowest BCUT2D eigenvalue weighted by atomic mass is 9.88. The molecule has 0 radical (unpaired) electrons. The first-order valence-electron chi connectivity index (χ1n) is 25.3. The van der Waals surface area contributed by atoms with Crippen LogP contribution in [0.3, 0.4) is 0 Å². The van der Waals surface area contributed by atoms with E-state index in [1.54, 1.807) is 65.0 Å². The van der Waals surface area contributed by atoms with Gasteiger partial charge < -0.3 is 52.6 Å². The largest absolute Gasteiger partial charge is 0.487 e. The molecule has 21 heteroatoms. The summed E-state index contributed by atoms with van der Waals surface area (Å²) in [5, 5.41) is 23.3. The van der Waals surface area contributed by atoms with E-state index in [-0.39, 0.29) is 74.3 Å². The van der Waals surface area contributed by atoms with E-state index in [9.17, 15) is 42.3 Å². The van der Waals surface area contributed by atoms with Crippen LogP contribution in [0.1, 0.15) is 141 Å². The zero-order valence-corrected chi connectivity index (χ0v) is 45.8. The minimum absolute atomic E-state index is 0.00455. The van der Waals surface area contributed by atoms with Crippen molar-refractivity contribution in [2.75, 3.05) is 13.1 Å². The Hall–Kier alpha value is -5.96. The zero-order valence-electron chi connectivity index (χ0n) is 45.0. The van der Waals surface area contributed by atoms with Gasteiger partial charge in [-0.25, -0.2) is 22.7 Å². The van der Waals surface area contributed by atoms with Crippen LogP contribution in [0.2, 0.25) is 0 Å². The number of carboxylic acids is 1. The number of benzene rings is 2. The number of rotatable bonds is 26. The number of carbonyl (C=O) groups is 6. The van der Waals surface area contributed by atoms with Crippen LogP contribution in [0.5, 0.6) is 5.75 Å². The highest BCUT2D eigenvalue weighted by Crippen LogP contribution is 2.42. The van der Waals surface area contributed by atoms with E-state index in [2.05, 4.69) is 36.3 Å². The molecule has 0 saturated carbocycles. The summed E-state index contributed by atoms with van der Waals surface area (Å²) >= 11 is 0. The fraction of sp³-hybridized carbons (Fsp3) is 0.635. The Balaban J connectivity index is 1.73. The van der Waals surface area contributed by atoms with Gasteiger partial charge in [0.05, 0.1) is 10.9 Å². The number of aliphatic imine (C=N–C) groups is 1. The second-order valence-electron chi connectivity index (χ2n) is 21.5. The summed E-state index contributed by atoms with van der Waals surface area (Å²) in [6.07, 6.45) is 2.19. The molecule has 1 aliphatic heterocycles. The summed E-state index contributed by atoms with van der Waals surface area (Å²) in [6, 6.07) is 3.32. The fourth-order valence-corrected chi connectivity index (χ4v) is 9.97. The highest BCUT2D eigenvalue weighted by molar-refractivity contribution is 7.90. The lowest BCUT2D eigenvalue weighted by molar-refractivity contribution is -0.142. The molecule has 5 amide bonds. The second kappa shape index (κ2) is 27.4. The van der Waals surface area contributed by atoms with Crippen molar-refractivity contribution < 1.29 is 51.8 Å². The first-order valence-corrected chi connectivity index (χ1v) is 26.7. The molecule has 0 aliphatic carbocycles. The maximum Gasteiger partial charge on any atom is 0.408 e. The monoisotopic (exact) mass is 1040 g/mol. The molecule has 408 valence electrons. The Morgan fingerprint density at radius 1 is 0.781 bits per heavy atom. The van der Waals surface area contributed by atoms with Crippen LogP contribution in [-0.2, 0) is 51.6 Å². The zero-order chi connectivity index (χ0) is 55.0. The van der Waals surface area contributed by atoms with Crippen LogP contribution in [0.15, 0.2) is 40.2 Å². The number of sulfonamides is 1. The number of fused-ring (bicyclic) bond motifs is 1. The number of carbonyl (C=O) groups excluding carboxylic acids is 5. The van der Waals surface area contributed by atoms with Crippen molar-refractivity contribution in [1.29, 1.82) is 0 Å². The topological polar surface area (TPSA) is 312 Å². The van der Waals surface area contributed by atoms with E-state index < -0.39 is 87.1 Å². The number of hydrogen-bond acceptors (Lipinski definition) is 12. The van der Waals surface area contributed by atoms with E-state index in [1.165, 1.54) is 0 Å². The maximum absolute atomic E-state index is 14.0. The van der Waals surface area contributed by atoms with Crippen molar-refractivity contribution in [2.45, 2.75) is 194 Å². The van der Waals surface area contributed by atoms with Gasteiger partial charge in [-0.3, -0.25) is 24.2 Å². The molecular weight excluding hydrogens is 959 g/mol. The van der Waals surface area contributed by atoms with Gasteiger partial charge in [0.15, 0.2) is 0 Å². The molecule has 0 unspecified atom stereocenters. The molecule has 2 aromatic carbocycles. The summed E-state index contributed by atoms with van der Waals surface area (Å²) in [5.74, 6) is -3.42. The molecule has 0 aromatic heterocycles. The maximum atomic E-state index is 14.0. The molecule has 20 nitrogen and oxygen atoms in total. The number of alkyl carbamates (subject to hydrolysis) is 1. The van der Waals surface area contributed by atoms with Crippen molar-refractivity contribution in [3.8, 4) is 5.75 Å². The number of hydrogen-bond donors (Lipinski definition) is 9. The van der Waals surface area contributed by atoms with Gasteiger partial charge in [-0.1, -0.05) is 58.0 Å². The number of ether oxygens (including phenoxy) is 2. The standard InChI is InChI=1S/C52H83N9O11S/c1-30(2)27-37(53)44(62)57-38(22-18-26-56-49(54)61-73(69,70)43-33(6)32(5)36-23-24-52(11,12)71-42(36)34(43)7)45(63)55-25-17-16-21-39(60-50(68)72-51(8,9)10)46(64)58-40(29-35-19-14-13-15-20-35)47(65)59-41(48(66)67)28-31(3)4/h13-15,19-20,30-31,37-41H,16-18,21-29,53H2,1-12H3,(H,55,63)(H,57,62)(H,58,64)(H,59,65)(H,60,68)(H,66,67)(H3,54,56,61)/t37-,38-,39-,40-,41-/m0/s1. The summed E-state index contributed by atoms with van der Waals surface area (Å²) < 4.78 is 41.7. The molecule has 5 atom stereocenters. The van der Waals surface area contributed by atoms with Crippen molar-refractivity contribution in [3.05, 3.63) is 58.1 Å². The lowest BCUT2D eigenvalue weighted by Gasteiger charge is -2.35. The third-order valence-corrected chi connectivity index (χ3v) is 13.9. The first kappa shape index (κ1) is 61.3. The van der Waals surface area contributed by atoms with Crippen molar-refractivity contribution >= 4 is 51.7 Å². The molecule has 0 saturated heterocycles. The molecule has 1 aliphatic rings. The normalized spacial score (nSPS) is 15.6. The van der Waals surface area contributed by atoms with Gasteiger partial charge in [-0.05, 0) is 147 Å². The van der Waals surface area contributed by atoms with Crippen LogP contribution < -0.4 is 47.5 Å². The minimum atomic E-state index is -4.19. The average Bonchev–Trinajstić information content (AvgIpc) is 3.26. The SMILES string of the molecule is Cc1c(C)c(S(=O)(=O)NC(N)=NCCC[C@H](NC(=O)[C@@H](N)CC(C)C)C(=O)NCCCC[C@H](NC(=O)OC(C)(C)C)C(=O)N[C@@H](Cc2ccccc2)C(=O)N[C@@H](CC(C)C)C(=O)O)c(C)c2c1CCC(C)(C)O2. The van der Waals surface area contributed by atoms with Gasteiger partial charge in [0.2, 0.25) is 29.6 Å². The number of amides is 5. The molecule has 1 heterocycles. The minimum Gasteiger partial charge on any atom is -0.487 e. The van der Waals surface area contributed by atoms with E-state index >= 15 is 0 Å². The Morgan fingerprint density at radius 2 is 1.36 bits per heavy atom. The number of aliphatic carboxylic acids is 1. The highest BCUT2D eigenvalue weighted by atomic mass is 32.2. The molecule has 3 rings (SSSR count). The molecular formula is C52H83N9O11S. The highest BCUT2D eigenvalue weighted by Gasteiger charge is 2.35. The number of nitrogens with two attached hydrogens (primary N) is 2. The van der Waals surface area contributed by atoms with Gasteiger partial charge in [0.25, 0.3) is 10.0 Å². The first-order chi connectivity index (χ1) is 33.9. The molecule has 2 aromatic rings. The number of unbranched alkanes of at least 4 members (excludes halogenated alkanes) is 1. The number of carboxylic acid groups (broad SMARTS) is 1. The van der Waals surface area contributed by atoms with Gasteiger partial charge in [-0.2, -0.15) is 0 Å². The second-order valence-corrected chi connectivity index (χ2v) is 23.1. The molecule has 73 heavy (non-hydrogen) atoms. The van der Waals surface area contributed by atoms with Crippen LogP contribution in [0, 0.1) is 32.6 Å². The third kappa shape index (κ3) is 20.1. The van der Waals surface area contributed by atoms with E-state index in [4.69, 9.17) is 20.9 Å². The molecule has 11 N–H and O–H groups in total. The summed E-state index contributed by atoms with van der Waals surface area (Å²) in [7, 11) is -4.19. The predicted octanol–water partition coefficient (Wildman–Crippen LogP) is 4.47. The van der Waals surface area contributed by atoms with E-state index in [0.29, 0.717) is 35.3 Å². The van der Waals surface area contributed by atoms with Gasteiger partial charge in [0.1, 0.15) is 41.1 Å². The van der Waals surface area contributed by atoms with E-state index in [0.717, 1.165) is 24.0 Å². The summed E-state index contributed by atoms with van der Waals surface area (Å²) in [6.45, 7) is 21.8. The lowest BCUT2D eigenvalue weighted by Crippen LogP contribution is -2.56. The molecule has 0 fully saturated rings. The Bertz CT molecular complexity index is 2390. The average molecular weight is 1040 g/mol. The van der Waals surface area contributed by atoms with Crippen molar-refractivity contribution in [2.24, 2.45) is 28.3 Å². The predicted molar refractivity (Wildman–Crippen MR) is 280 cm³/mol. The Labute approximate surface area is 432 Å². The van der Waals surface area contributed by atoms with E-state index in [1.807, 2.05) is 48.5 Å². The van der Waals surface area contributed by atoms with Crippen LogP contribution in [0.25, 0.3) is 0 Å². The number of nitrogens with zero attached hydrogens (tertiary/aromatic N) is 1. The number of guanidine groups is 1. The van der Waals surface area contributed by atoms with Crippen molar-refractivity contribution in [1.82, 2.24) is 31.3 Å². The third-order valence-electron chi connectivity index (χ3n) is 12.3. The Morgan fingerprint density at radius 3 is 1.96 bits per heavy atom. The quantitative estimate of drug-likeness (QED) is 0.0357. The van der Waals surface area contributed by atoms with Gasteiger partial charge >= 0.3 is 12.1 Å². The van der Waals surface area contributed by atoms with Crippen LogP contribution in [0.4, 0.5) is 4.79 Å².